The van der Waals surface area contributed by atoms with Gasteiger partial charge in [0.1, 0.15) is 0 Å². The zero-order chi connectivity index (χ0) is 32.4. The number of epoxide rings is 1. The molecule has 8 atom stereocenters. The Morgan fingerprint density at radius 2 is 1.55 bits per heavy atom. The zero-order valence-corrected chi connectivity index (χ0v) is 32.3. The third-order valence-electron chi connectivity index (χ3n) is 8.16. The van der Waals surface area contributed by atoms with Gasteiger partial charge in [0.05, 0.1) is 48.5 Å². The molecule has 1 aromatic heterocycles. The van der Waals surface area contributed by atoms with E-state index in [2.05, 4.69) is 104 Å². The summed E-state index contributed by atoms with van der Waals surface area (Å²) in [7, 11) is -5.40. The summed E-state index contributed by atoms with van der Waals surface area (Å²) >= 11 is 0. The first-order valence-corrected chi connectivity index (χ1v) is 26.7. The number of nitrogens with zero attached hydrogens (tertiary/aromatic N) is 2. The molecule has 2 fully saturated rings. The second-order valence-corrected chi connectivity index (χ2v) is 29.3. The standard InChI is InChI=1S/C34H58N2O5Si3/c1-24(20-28-18-19-36(35-28)29-16-14-13-15-17-29)21-30-34(41-44(10,11)12)33(40-43(7,8)9)27(23-37-30)22-31-32(38-31)25(2)26(3)39-42(4,5)6/h13-20,25-27,30-34H,21-23H2,1-12H3/b24-20+/t25-,26-,27-,30-,31-,32-,33+,34-/m0/s1. The summed E-state index contributed by atoms with van der Waals surface area (Å²) in [5, 5.41) is 4.80. The SMILES string of the molecule is C/C(=C\c1ccn(-c2ccccc2)n1)C[C@@H]1OC[C@H](C[C@@H]2O[C@H]2[C@@H](C)[C@H](C)O[Si](C)(C)C)[C@@H](O[Si](C)(C)C)[C@H]1O[Si](C)(C)C. The van der Waals surface area contributed by atoms with Crippen LogP contribution >= 0.6 is 0 Å². The van der Waals surface area contributed by atoms with Gasteiger partial charge in [0.25, 0.3) is 0 Å². The van der Waals surface area contributed by atoms with Gasteiger partial charge in [0.15, 0.2) is 25.0 Å². The largest absolute Gasteiger partial charge is 0.415 e. The van der Waals surface area contributed by atoms with Gasteiger partial charge in [-0.2, -0.15) is 5.10 Å². The fraction of sp³-hybridized carbons (Fsp3) is 0.676. The van der Waals surface area contributed by atoms with Gasteiger partial charge in [0.2, 0.25) is 0 Å². The number of benzene rings is 1. The molecule has 3 heterocycles. The van der Waals surface area contributed by atoms with Crippen LogP contribution in [0.4, 0.5) is 0 Å². The van der Waals surface area contributed by atoms with Crippen LogP contribution in [0, 0.1) is 11.8 Å². The highest BCUT2D eigenvalue weighted by atomic mass is 28.4. The van der Waals surface area contributed by atoms with Gasteiger partial charge in [-0.15, -0.1) is 0 Å². The van der Waals surface area contributed by atoms with E-state index in [4.69, 9.17) is 27.9 Å². The molecule has 4 rings (SSSR count). The minimum absolute atomic E-state index is 0.0203. The molecular formula is C34H58N2O5Si3. The highest BCUT2D eigenvalue weighted by Gasteiger charge is 2.51. The Labute approximate surface area is 270 Å². The molecule has 2 aromatic rings. The normalized spacial score (nSPS) is 28.1. The van der Waals surface area contributed by atoms with Crippen LogP contribution in [0.2, 0.25) is 58.9 Å². The van der Waals surface area contributed by atoms with E-state index in [-0.39, 0.29) is 42.5 Å². The Hall–Kier alpha value is -1.38. The van der Waals surface area contributed by atoms with Crippen LogP contribution in [-0.4, -0.2) is 78.0 Å². The number of hydrogen-bond acceptors (Lipinski definition) is 6. The van der Waals surface area contributed by atoms with Crippen molar-refractivity contribution in [1.82, 2.24) is 9.78 Å². The minimum atomic E-state index is -1.91. The average molecular weight is 659 g/mol. The molecule has 1 aromatic carbocycles. The van der Waals surface area contributed by atoms with Crippen molar-refractivity contribution in [2.24, 2.45) is 11.8 Å². The van der Waals surface area contributed by atoms with Crippen LogP contribution in [0.25, 0.3) is 11.8 Å². The van der Waals surface area contributed by atoms with Gasteiger partial charge < -0.3 is 22.8 Å². The maximum atomic E-state index is 7.02. The van der Waals surface area contributed by atoms with Crippen LogP contribution in [0.5, 0.6) is 0 Å². The van der Waals surface area contributed by atoms with E-state index in [9.17, 15) is 0 Å². The Kier molecular flexibility index (Phi) is 11.4. The molecule has 2 saturated heterocycles. The highest BCUT2D eigenvalue weighted by Crippen LogP contribution is 2.41. The quantitative estimate of drug-likeness (QED) is 0.151. The Morgan fingerprint density at radius 3 is 2.16 bits per heavy atom. The van der Waals surface area contributed by atoms with Crippen molar-refractivity contribution in [3.63, 3.8) is 0 Å². The maximum absolute atomic E-state index is 7.02. The lowest BCUT2D eigenvalue weighted by atomic mass is 9.85. The van der Waals surface area contributed by atoms with Crippen molar-refractivity contribution in [2.45, 2.75) is 129 Å². The van der Waals surface area contributed by atoms with Gasteiger partial charge >= 0.3 is 0 Å². The second kappa shape index (κ2) is 14.2. The fourth-order valence-electron chi connectivity index (χ4n) is 6.22. The molecule has 0 N–H and O–H groups in total. The van der Waals surface area contributed by atoms with Crippen LogP contribution in [0.15, 0.2) is 48.2 Å². The molecule has 2 aliphatic heterocycles. The van der Waals surface area contributed by atoms with Gasteiger partial charge in [-0.25, -0.2) is 4.68 Å². The Morgan fingerprint density at radius 1 is 0.909 bits per heavy atom. The first-order chi connectivity index (χ1) is 20.4. The van der Waals surface area contributed by atoms with E-state index in [1.54, 1.807) is 0 Å². The molecular weight excluding hydrogens is 601 g/mol. The summed E-state index contributed by atoms with van der Waals surface area (Å²) < 4.78 is 35.3. The Bertz CT molecular complexity index is 1230. The molecule has 0 bridgehead atoms. The van der Waals surface area contributed by atoms with Gasteiger partial charge in [-0.05, 0) is 110 Å². The summed E-state index contributed by atoms with van der Waals surface area (Å²) in [6.45, 7) is 27.7. The molecule has 10 heteroatoms. The smallest absolute Gasteiger partial charge is 0.184 e. The number of aromatic nitrogens is 2. The maximum Gasteiger partial charge on any atom is 0.184 e. The monoisotopic (exact) mass is 658 g/mol. The summed E-state index contributed by atoms with van der Waals surface area (Å²) in [6.07, 6.45) is 6.29. The molecule has 246 valence electrons. The average Bonchev–Trinajstić information content (AvgIpc) is 3.50. The highest BCUT2D eigenvalue weighted by molar-refractivity contribution is 6.70. The lowest BCUT2D eigenvalue weighted by Gasteiger charge is -2.47. The minimum Gasteiger partial charge on any atom is -0.415 e. The molecule has 0 amide bonds. The molecule has 0 aliphatic carbocycles. The third kappa shape index (κ3) is 10.6. The topological polar surface area (TPSA) is 67.3 Å². The van der Waals surface area contributed by atoms with Crippen LogP contribution in [0.1, 0.15) is 39.3 Å². The molecule has 0 unspecified atom stereocenters. The lowest BCUT2D eigenvalue weighted by Crippen LogP contribution is -2.58. The first kappa shape index (κ1) is 35.5. The van der Waals surface area contributed by atoms with E-state index in [1.807, 2.05) is 29.1 Å². The van der Waals surface area contributed by atoms with Crippen LogP contribution in [0.3, 0.4) is 0 Å². The van der Waals surface area contributed by atoms with Gasteiger partial charge in [-0.3, -0.25) is 0 Å². The van der Waals surface area contributed by atoms with Crippen molar-refractivity contribution in [1.29, 1.82) is 0 Å². The summed E-state index contributed by atoms with van der Waals surface area (Å²) in [6, 6.07) is 12.3. The molecule has 0 saturated carbocycles. The van der Waals surface area contributed by atoms with E-state index in [0.29, 0.717) is 12.5 Å². The third-order valence-corrected chi connectivity index (χ3v) is 11.2. The van der Waals surface area contributed by atoms with Crippen molar-refractivity contribution in [3.8, 4) is 5.69 Å². The predicted octanol–water partition coefficient (Wildman–Crippen LogP) is 8.15. The van der Waals surface area contributed by atoms with Crippen molar-refractivity contribution in [2.75, 3.05) is 6.61 Å². The van der Waals surface area contributed by atoms with Crippen molar-refractivity contribution < 1.29 is 22.8 Å². The number of ether oxygens (including phenoxy) is 2. The van der Waals surface area contributed by atoms with Gasteiger partial charge in [-0.1, -0.05) is 30.7 Å². The second-order valence-electron chi connectivity index (χ2n) is 15.9. The molecule has 2 aliphatic rings. The summed E-state index contributed by atoms with van der Waals surface area (Å²) in [5.41, 5.74) is 3.21. The molecule has 0 spiro atoms. The number of rotatable bonds is 14. The van der Waals surface area contributed by atoms with E-state index >= 15 is 0 Å². The van der Waals surface area contributed by atoms with Gasteiger partial charge in [0, 0.05) is 24.1 Å². The van der Waals surface area contributed by atoms with Crippen LogP contribution < -0.4 is 0 Å². The van der Waals surface area contributed by atoms with E-state index in [0.717, 1.165) is 24.2 Å². The lowest BCUT2D eigenvalue weighted by molar-refractivity contribution is -0.152. The first-order valence-electron chi connectivity index (χ1n) is 16.5. The predicted molar refractivity (Wildman–Crippen MR) is 188 cm³/mol. The van der Waals surface area contributed by atoms with E-state index < -0.39 is 25.0 Å². The summed E-state index contributed by atoms with van der Waals surface area (Å²) in [4.78, 5) is 0. The number of para-hydroxylation sites is 1. The zero-order valence-electron chi connectivity index (χ0n) is 29.3. The molecule has 0 radical (unpaired) electrons. The fourth-order valence-corrected chi connectivity index (χ4v) is 9.80. The number of hydrogen-bond donors (Lipinski definition) is 0. The van der Waals surface area contributed by atoms with Crippen molar-refractivity contribution in [3.05, 3.63) is 53.9 Å². The van der Waals surface area contributed by atoms with E-state index in [1.165, 1.54) is 5.57 Å². The van der Waals surface area contributed by atoms with Crippen LogP contribution in [-0.2, 0) is 22.8 Å². The summed E-state index contributed by atoms with van der Waals surface area (Å²) in [5.74, 6) is 0.577. The Balaban J connectivity index is 1.49. The molecule has 7 nitrogen and oxygen atoms in total. The molecule has 44 heavy (non-hydrogen) atoms. The van der Waals surface area contributed by atoms with Crippen molar-refractivity contribution >= 4 is 31.0 Å².